The normalized spacial score (nSPS) is 12.4. The zero-order valence-electron chi connectivity index (χ0n) is 11.3. The summed E-state index contributed by atoms with van der Waals surface area (Å²) >= 11 is 3.21. The average Bonchev–Trinajstić information content (AvgIpc) is 2.37. The van der Waals surface area contributed by atoms with Gasteiger partial charge in [0.2, 0.25) is 10.0 Å². The van der Waals surface area contributed by atoms with E-state index < -0.39 is 10.0 Å². The highest BCUT2D eigenvalue weighted by molar-refractivity contribution is 9.10. The number of hydrogen-bond donors (Lipinski definition) is 2. The van der Waals surface area contributed by atoms with E-state index in [1.54, 1.807) is 13.0 Å². The van der Waals surface area contributed by atoms with Crippen molar-refractivity contribution < 1.29 is 17.9 Å². The molecule has 0 radical (unpaired) electrons. The van der Waals surface area contributed by atoms with Crippen LogP contribution in [0.3, 0.4) is 0 Å². The molecule has 0 bridgehead atoms. The Labute approximate surface area is 133 Å². The highest BCUT2D eigenvalue weighted by atomic mass is 79.9. The van der Waals surface area contributed by atoms with Crippen LogP contribution in [0, 0.1) is 0 Å². The molecule has 0 heterocycles. The van der Waals surface area contributed by atoms with Crippen LogP contribution < -0.4 is 19.9 Å². The molecule has 1 rings (SSSR count). The van der Waals surface area contributed by atoms with Crippen molar-refractivity contribution in [2.24, 2.45) is 5.73 Å². The molecule has 0 fully saturated rings. The third kappa shape index (κ3) is 4.49. The van der Waals surface area contributed by atoms with Gasteiger partial charge in [0.15, 0.2) is 11.5 Å². The number of sulfonamides is 1. The monoisotopic (exact) mass is 388 g/mol. The number of hydrogen-bond acceptors (Lipinski definition) is 5. The molecular weight excluding hydrogens is 372 g/mol. The molecule has 0 amide bonds. The molecule has 0 aliphatic carbocycles. The average molecular weight is 390 g/mol. The van der Waals surface area contributed by atoms with E-state index in [2.05, 4.69) is 20.7 Å². The number of benzene rings is 1. The highest BCUT2D eigenvalue weighted by Crippen LogP contribution is 2.35. The van der Waals surface area contributed by atoms with Crippen molar-refractivity contribution in [3.8, 4) is 11.5 Å². The molecule has 1 aromatic rings. The van der Waals surface area contributed by atoms with Crippen molar-refractivity contribution >= 4 is 38.4 Å². The van der Waals surface area contributed by atoms with Crippen molar-refractivity contribution in [1.29, 1.82) is 0 Å². The molecule has 0 aliphatic heterocycles. The van der Waals surface area contributed by atoms with E-state index in [9.17, 15) is 8.42 Å². The van der Waals surface area contributed by atoms with E-state index in [0.717, 1.165) is 0 Å². The Morgan fingerprint density at radius 2 is 1.80 bits per heavy atom. The Morgan fingerprint density at radius 1 is 1.30 bits per heavy atom. The second kappa shape index (κ2) is 8.04. The van der Waals surface area contributed by atoms with Crippen molar-refractivity contribution in [1.82, 2.24) is 4.72 Å². The van der Waals surface area contributed by atoms with Gasteiger partial charge in [0, 0.05) is 23.1 Å². The van der Waals surface area contributed by atoms with Gasteiger partial charge in [0.1, 0.15) is 4.90 Å². The van der Waals surface area contributed by atoms with Crippen LogP contribution in [0.4, 0.5) is 0 Å². The van der Waals surface area contributed by atoms with Gasteiger partial charge in [-0.05, 0) is 28.9 Å². The molecule has 1 atom stereocenters. The first-order valence-electron chi connectivity index (χ1n) is 5.49. The van der Waals surface area contributed by atoms with Crippen LogP contribution in [0.1, 0.15) is 6.92 Å². The molecule has 0 saturated heterocycles. The maximum atomic E-state index is 12.2. The fraction of sp³-hybridized carbons (Fsp3) is 0.455. The van der Waals surface area contributed by atoms with E-state index in [4.69, 9.17) is 15.2 Å². The number of nitrogens with one attached hydrogen (secondary N) is 1. The number of rotatable bonds is 6. The van der Waals surface area contributed by atoms with E-state index in [1.807, 2.05) is 0 Å². The van der Waals surface area contributed by atoms with Crippen molar-refractivity contribution in [3.05, 3.63) is 16.6 Å². The van der Waals surface area contributed by atoms with Crippen LogP contribution in [-0.2, 0) is 10.0 Å². The number of halogens is 2. The molecule has 0 aromatic heterocycles. The number of methoxy groups -OCH3 is 2. The molecule has 0 spiro atoms. The third-order valence-corrected chi connectivity index (χ3v) is 4.99. The molecule has 0 aliphatic rings. The fourth-order valence-corrected chi connectivity index (χ4v) is 3.71. The summed E-state index contributed by atoms with van der Waals surface area (Å²) in [6.45, 7) is 1.90. The van der Waals surface area contributed by atoms with Crippen molar-refractivity contribution in [2.75, 3.05) is 20.8 Å². The van der Waals surface area contributed by atoms with Gasteiger partial charge >= 0.3 is 0 Å². The topological polar surface area (TPSA) is 90.7 Å². The van der Waals surface area contributed by atoms with Crippen LogP contribution in [0.15, 0.2) is 21.5 Å². The molecule has 6 nitrogen and oxygen atoms in total. The number of ether oxygens (including phenoxy) is 2. The van der Waals surface area contributed by atoms with Crippen LogP contribution >= 0.6 is 28.3 Å². The zero-order chi connectivity index (χ0) is 14.6. The Bertz CT molecular complexity index is 554. The van der Waals surface area contributed by atoms with E-state index in [0.29, 0.717) is 16.0 Å². The molecule has 1 aromatic carbocycles. The molecule has 0 saturated carbocycles. The van der Waals surface area contributed by atoms with Crippen LogP contribution in [-0.4, -0.2) is 35.2 Å². The largest absolute Gasteiger partial charge is 0.493 e. The summed E-state index contributed by atoms with van der Waals surface area (Å²) in [4.78, 5) is 0.0745. The van der Waals surface area contributed by atoms with Gasteiger partial charge in [-0.1, -0.05) is 0 Å². The Hall–Kier alpha value is -0.540. The van der Waals surface area contributed by atoms with E-state index >= 15 is 0 Å². The maximum Gasteiger partial charge on any atom is 0.242 e. The minimum Gasteiger partial charge on any atom is -0.493 e. The minimum atomic E-state index is -3.67. The molecule has 20 heavy (non-hydrogen) atoms. The molecule has 3 N–H and O–H groups in total. The minimum absolute atomic E-state index is 0. The summed E-state index contributed by atoms with van der Waals surface area (Å²) < 4.78 is 37.4. The van der Waals surface area contributed by atoms with Gasteiger partial charge in [-0.3, -0.25) is 0 Å². The van der Waals surface area contributed by atoms with Gasteiger partial charge in [0.05, 0.1) is 14.2 Å². The van der Waals surface area contributed by atoms with E-state index in [1.165, 1.54) is 20.3 Å². The first kappa shape index (κ1) is 19.5. The molecule has 9 heteroatoms. The van der Waals surface area contributed by atoms with Crippen LogP contribution in [0.25, 0.3) is 0 Å². The second-order valence-electron chi connectivity index (χ2n) is 3.90. The standard InChI is InChI=1S/C11H17BrN2O4S.ClH/c1-7(6-13)14-19(15,16)11-5-10(18-3)9(17-2)4-8(11)12;/h4-5,7,14H,6,13H2,1-3H3;1H/t7-;/m0./s1. The molecular formula is C11H18BrClN2O4S. The van der Waals surface area contributed by atoms with Crippen LogP contribution in [0.5, 0.6) is 11.5 Å². The predicted molar refractivity (Wildman–Crippen MR) is 83.3 cm³/mol. The number of nitrogens with two attached hydrogens (primary N) is 1. The van der Waals surface area contributed by atoms with Crippen molar-refractivity contribution in [2.45, 2.75) is 17.9 Å². The SMILES string of the molecule is COc1cc(Br)c(S(=O)(=O)N[C@@H](C)CN)cc1OC.Cl. The Morgan fingerprint density at radius 3 is 2.25 bits per heavy atom. The van der Waals surface area contributed by atoms with Gasteiger partial charge in [-0.2, -0.15) is 0 Å². The summed E-state index contributed by atoms with van der Waals surface area (Å²) in [5, 5.41) is 0. The lowest BCUT2D eigenvalue weighted by molar-refractivity contribution is 0.353. The summed E-state index contributed by atoms with van der Waals surface area (Å²) in [6, 6.07) is 2.58. The second-order valence-corrected chi connectivity index (χ2v) is 6.43. The van der Waals surface area contributed by atoms with Crippen LogP contribution in [0.2, 0.25) is 0 Å². The Balaban J connectivity index is 0.00000361. The van der Waals surface area contributed by atoms with Gasteiger partial charge in [0.25, 0.3) is 0 Å². The summed E-state index contributed by atoms with van der Waals surface area (Å²) in [6.07, 6.45) is 0. The predicted octanol–water partition coefficient (Wildman–Crippen LogP) is 1.51. The first-order valence-corrected chi connectivity index (χ1v) is 7.77. The maximum absolute atomic E-state index is 12.2. The molecule has 116 valence electrons. The van der Waals surface area contributed by atoms with Gasteiger partial charge < -0.3 is 15.2 Å². The zero-order valence-corrected chi connectivity index (χ0v) is 14.6. The lowest BCUT2D eigenvalue weighted by Crippen LogP contribution is -2.37. The summed E-state index contributed by atoms with van der Waals surface area (Å²) in [7, 11) is -0.750. The van der Waals surface area contributed by atoms with Gasteiger partial charge in [-0.15, -0.1) is 12.4 Å². The van der Waals surface area contributed by atoms with E-state index in [-0.39, 0.29) is 29.9 Å². The lowest BCUT2D eigenvalue weighted by atomic mass is 10.3. The Kier molecular flexibility index (Phi) is 7.82. The quantitative estimate of drug-likeness (QED) is 0.769. The summed E-state index contributed by atoms with van der Waals surface area (Å²) in [5.41, 5.74) is 5.41. The highest BCUT2D eigenvalue weighted by Gasteiger charge is 2.22. The first-order chi connectivity index (χ1) is 8.85. The van der Waals surface area contributed by atoms with Gasteiger partial charge in [-0.25, -0.2) is 13.1 Å². The lowest BCUT2D eigenvalue weighted by Gasteiger charge is -2.15. The molecule has 0 unspecified atom stereocenters. The summed E-state index contributed by atoms with van der Waals surface area (Å²) in [5.74, 6) is 0.784. The third-order valence-electron chi connectivity index (χ3n) is 2.44. The smallest absolute Gasteiger partial charge is 0.242 e. The van der Waals surface area contributed by atoms with Crippen molar-refractivity contribution in [3.63, 3.8) is 0 Å². The fourth-order valence-electron chi connectivity index (χ4n) is 1.42.